The van der Waals surface area contributed by atoms with Crippen LogP contribution in [0.25, 0.3) is 10.9 Å². The van der Waals surface area contributed by atoms with Crippen LogP contribution in [0.3, 0.4) is 0 Å². The van der Waals surface area contributed by atoms with Crippen LogP contribution in [0, 0.1) is 0 Å². The van der Waals surface area contributed by atoms with Gasteiger partial charge in [-0.15, -0.1) is 11.8 Å². The first-order valence-electron chi connectivity index (χ1n) is 6.44. The number of H-pyrrole nitrogens is 1. The average Bonchev–Trinajstić information content (AvgIpc) is 2.81. The molecular weight excluding hydrogens is 274 g/mol. The molecule has 0 radical (unpaired) electrons. The Bertz CT molecular complexity index is 618. The molecule has 5 heteroatoms. The van der Waals surface area contributed by atoms with E-state index in [1.165, 1.54) is 11.8 Å². The van der Waals surface area contributed by atoms with Gasteiger partial charge in [-0.2, -0.15) is 0 Å². The average molecular weight is 291 g/mol. The molecule has 0 amide bonds. The number of carbonyl (C=O) groups is 2. The van der Waals surface area contributed by atoms with E-state index in [0.29, 0.717) is 5.56 Å². The predicted molar refractivity (Wildman–Crippen MR) is 81.2 cm³/mol. The highest BCUT2D eigenvalue weighted by Gasteiger charge is 2.13. The fourth-order valence-corrected chi connectivity index (χ4v) is 2.58. The summed E-state index contributed by atoms with van der Waals surface area (Å²) in [5.74, 6) is 0.211. The number of hydrogen-bond donors (Lipinski definition) is 1. The van der Waals surface area contributed by atoms with Gasteiger partial charge in [0.1, 0.15) is 0 Å². The second kappa shape index (κ2) is 6.61. The standard InChI is InChI=1S/C15H17NO3S/c1-10(2)19-15(18)9-20-8-14(17)12-7-16-13-6-4-3-5-11(12)13/h3-7,10,16H,8-9H2,1-2H3. The van der Waals surface area contributed by atoms with Gasteiger partial charge in [0.05, 0.1) is 17.6 Å². The number of carbonyl (C=O) groups excluding carboxylic acids is 2. The summed E-state index contributed by atoms with van der Waals surface area (Å²) in [7, 11) is 0. The van der Waals surface area contributed by atoms with Crippen molar-refractivity contribution in [2.45, 2.75) is 20.0 Å². The number of aromatic amines is 1. The fourth-order valence-electron chi connectivity index (χ4n) is 1.90. The van der Waals surface area contributed by atoms with Crippen molar-refractivity contribution in [2.75, 3.05) is 11.5 Å². The summed E-state index contributed by atoms with van der Waals surface area (Å²) in [6.07, 6.45) is 1.60. The molecule has 1 aromatic carbocycles. The second-order valence-corrected chi connectivity index (χ2v) is 5.69. The summed E-state index contributed by atoms with van der Waals surface area (Å²) in [5, 5.41) is 0.919. The maximum Gasteiger partial charge on any atom is 0.316 e. The van der Waals surface area contributed by atoms with Gasteiger partial charge in [0.2, 0.25) is 0 Å². The largest absolute Gasteiger partial charge is 0.462 e. The monoisotopic (exact) mass is 291 g/mol. The Morgan fingerprint density at radius 2 is 2.00 bits per heavy atom. The van der Waals surface area contributed by atoms with E-state index in [1.54, 1.807) is 20.0 Å². The molecule has 2 rings (SSSR count). The highest BCUT2D eigenvalue weighted by atomic mass is 32.2. The van der Waals surface area contributed by atoms with Crippen molar-refractivity contribution in [1.29, 1.82) is 0 Å². The molecule has 0 aliphatic rings. The Hall–Kier alpha value is -1.75. The van der Waals surface area contributed by atoms with Crippen LogP contribution in [0.1, 0.15) is 24.2 Å². The zero-order valence-electron chi connectivity index (χ0n) is 11.5. The minimum atomic E-state index is -0.281. The van der Waals surface area contributed by atoms with Crippen molar-refractivity contribution in [3.05, 3.63) is 36.0 Å². The van der Waals surface area contributed by atoms with Crippen LogP contribution in [0.4, 0.5) is 0 Å². The molecule has 0 saturated heterocycles. The van der Waals surface area contributed by atoms with Crippen LogP contribution in [-0.2, 0) is 9.53 Å². The normalized spacial score (nSPS) is 10.9. The molecule has 0 bridgehead atoms. The molecule has 0 aliphatic heterocycles. The van der Waals surface area contributed by atoms with Crippen molar-refractivity contribution in [1.82, 2.24) is 4.98 Å². The topological polar surface area (TPSA) is 59.2 Å². The number of rotatable bonds is 6. The lowest BCUT2D eigenvalue weighted by molar-refractivity contribution is -0.144. The smallest absolute Gasteiger partial charge is 0.316 e. The van der Waals surface area contributed by atoms with E-state index < -0.39 is 0 Å². The molecule has 2 aromatic rings. The third kappa shape index (κ3) is 3.63. The third-order valence-electron chi connectivity index (χ3n) is 2.71. The number of ketones is 1. The molecule has 0 fully saturated rings. The first-order chi connectivity index (χ1) is 9.58. The maximum atomic E-state index is 12.1. The SMILES string of the molecule is CC(C)OC(=O)CSCC(=O)c1c[nH]c2ccccc12. The number of fused-ring (bicyclic) bond motifs is 1. The Morgan fingerprint density at radius 3 is 2.75 bits per heavy atom. The molecule has 0 spiro atoms. The zero-order chi connectivity index (χ0) is 14.5. The molecule has 1 aromatic heterocycles. The molecule has 4 nitrogen and oxygen atoms in total. The molecule has 106 valence electrons. The van der Waals surface area contributed by atoms with Gasteiger partial charge in [-0.05, 0) is 19.9 Å². The minimum Gasteiger partial charge on any atom is -0.462 e. The molecule has 0 unspecified atom stereocenters. The summed E-state index contributed by atoms with van der Waals surface area (Å²) in [4.78, 5) is 26.6. The number of hydrogen-bond acceptors (Lipinski definition) is 4. The lowest BCUT2D eigenvalue weighted by Gasteiger charge is -2.06. The van der Waals surface area contributed by atoms with E-state index in [9.17, 15) is 9.59 Å². The lowest BCUT2D eigenvalue weighted by Crippen LogP contribution is -2.14. The summed E-state index contributed by atoms with van der Waals surface area (Å²) in [5.41, 5.74) is 1.62. The van der Waals surface area contributed by atoms with Gasteiger partial charge in [-0.25, -0.2) is 0 Å². The number of para-hydroxylation sites is 1. The lowest BCUT2D eigenvalue weighted by atomic mass is 10.1. The van der Waals surface area contributed by atoms with Gasteiger partial charge in [0.15, 0.2) is 5.78 Å². The number of thioether (sulfide) groups is 1. The van der Waals surface area contributed by atoms with E-state index in [-0.39, 0.29) is 29.4 Å². The number of nitrogens with one attached hydrogen (secondary N) is 1. The highest BCUT2D eigenvalue weighted by molar-refractivity contribution is 8.00. The molecule has 1 heterocycles. The van der Waals surface area contributed by atoms with Crippen molar-refractivity contribution in [3.63, 3.8) is 0 Å². The van der Waals surface area contributed by atoms with Gasteiger partial charge in [-0.1, -0.05) is 18.2 Å². The van der Waals surface area contributed by atoms with E-state index in [2.05, 4.69) is 4.98 Å². The van der Waals surface area contributed by atoms with Crippen LogP contribution in [0.15, 0.2) is 30.5 Å². The van der Waals surface area contributed by atoms with Gasteiger partial charge in [0, 0.05) is 22.7 Å². The third-order valence-corrected chi connectivity index (χ3v) is 3.62. The first kappa shape index (κ1) is 14.7. The first-order valence-corrected chi connectivity index (χ1v) is 7.60. The molecular formula is C15H17NO3S. The van der Waals surface area contributed by atoms with Gasteiger partial charge >= 0.3 is 5.97 Å². The number of ether oxygens (including phenoxy) is 1. The van der Waals surface area contributed by atoms with Crippen LogP contribution < -0.4 is 0 Å². The molecule has 0 atom stereocenters. The molecule has 0 aliphatic carbocycles. The van der Waals surface area contributed by atoms with Gasteiger partial charge in [-0.3, -0.25) is 9.59 Å². The molecule has 20 heavy (non-hydrogen) atoms. The van der Waals surface area contributed by atoms with Crippen LogP contribution in [-0.4, -0.2) is 34.3 Å². The Kier molecular flexibility index (Phi) is 4.84. The zero-order valence-corrected chi connectivity index (χ0v) is 12.3. The van der Waals surface area contributed by atoms with Gasteiger partial charge in [0.25, 0.3) is 0 Å². The van der Waals surface area contributed by atoms with Gasteiger partial charge < -0.3 is 9.72 Å². The fraction of sp³-hybridized carbons (Fsp3) is 0.333. The Balaban J connectivity index is 1.91. The molecule has 1 N–H and O–H groups in total. The second-order valence-electron chi connectivity index (χ2n) is 4.70. The number of Topliss-reactive ketones (excluding diaryl/α,β-unsaturated/α-hetero) is 1. The number of esters is 1. The number of aromatic nitrogens is 1. The molecule has 0 saturated carbocycles. The number of benzene rings is 1. The van der Waals surface area contributed by atoms with E-state index in [0.717, 1.165) is 10.9 Å². The van der Waals surface area contributed by atoms with Crippen LogP contribution in [0.2, 0.25) is 0 Å². The van der Waals surface area contributed by atoms with Crippen molar-refractivity contribution in [2.24, 2.45) is 0 Å². The van der Waals surface area contributed by atoms with E-state index in [4.69, 9.17) is 4.74 Å². The van der Waals surface area contributed by atoms with Crippen molar-refractivity contribution < 1.29 is 14.3 Å². The van der Waals surface area contributed by atoms with E-state index in [1.807, 2.05) is 24.3 Å². The summed E-state index contributed by atoms with van der Waals surface area (Å²) in [6, 6.07) is 7.67. The Morgan fingerprint density at radius 1 is 1.25 bits per heavy atom. The Labute approximate surface area is 121 Å². The van der Waals surface area contributed by atoms with Crippen LogP contribution >= 0.6 is 11.8 Å². The predicted octanol–water partition coefficient (Wildman–Crippen LogP) is 3.04. The summed E-state index contributed by atoms with van der Waals surface area (Å²) < 4.78 is 5.02. The van der Waals surface area contributed by atoms with E-state index >= 15 is 0 Å². The highest BCUT2D eigenvalue weighted by Crippen LogP contribution is 2.19. The minimum absolute atomic E-state index is 0.0183. The van der Waals surface area contributed by atoms with Crippen molar-refractivity contribution >= 4 is 34.4 Å². The van der Waals surface area contributed by atoms with Crippen LogP contribution in [0.5, 0.6) is 0 Å². The quantitative estimate of drug-likeness (QED) is 0.656. The summed E-state index contributed by atoms with van der Waals surface area (Å²) in [6.45, 7) is 3.61. The maximum absolute atomic E-state index is 12.1. The summed E-state index contributed by atoms with van der Waals surface area (Å²) >= 11 is 1.28. The van der Waals surface area contributed by atoms with Crippen molar-refractivity contribution in [3.8, 4) is 0 Å².